The van der Waals surface area contributed by atoms with Gasteiger partial charge in [0.05, 0.1) is 11.7 Å². The molecule has 0 aliphatic rings. The van der Waals surface area contributed by atoms with Gasteiger partial charge >= 0.3 is 0 Å². The van der Waals surface area contributed by atoms with E-state index < -0.39 is 0 Å². The number of hydrogen-bond acceptors (Lipinski definition) is 2. The summed E-state index contributed by atoms with van der Waals surface area (Å²) in [6.45, 7) is 3.06. The van der Waals surface area contributed by atoms with E-state index in [4.69, 9.17) is 0 Å². The lowest BCUT2D eigenvalue weighted by Gasteiger charge is -2.16. The molecule has 102 valence electrons. The first-order valence-corrected chi connectivity index (χ1v) is 6.66. The van der Waals surface area contributed by atoms with Crippen molar-refractivity contribution >= 4 is 0 Å². The molecule has 4 heteroatoms. The zero-order valence-corrected chi connectivity index (χ0v) is 11.4. The second kappa shape index (κ2) is 6.48. The van der Waals surface area contributed by atoms with Crippen molar-refractivity contribution in [2.75, 3.05) is 6.54 Å². The van der Waals surface area contributed by atoms with Crippen LogP contribution in [-0.4, -0.2) is 16.3 Å². The summed E-state index contributed by atoms with van der Waals surface area (Å²) in [5.74, 6) is -0.187. The molecular weight excluding hydrogens is 241 g/mol. The van der Waals surface area contributed by atoms with Crippen molar-refractivity contribution < 1.29 is 4.39 Å². The van der Waals surface area contributed by atoms with Crippen LogP contribution < -0.4 is 5.32 Å². The molecule has 0 saturated carbocycles. The lowest BCUT2D eigenvalue weighted by atomic mass is 10.0. The van der Waals surface area contributed by atoms with Crippen molar-refractivity contribution in [2.24, 2.45) is 7.05 Å². The van der Waals surface area contributed by atoms with E-state index in [0.717, 1.165) is 30.6 Å². The first kappa shape index (κ1) is 13.7. The summed E-state index contributed by atoms with van der Waals surface area (Å²) in [5.41, 5.74) is 1.99. The summed E-state index contributed by atoms with van der Waals surface area (Å²) in [5, 5.41) is 7.91. The van der Waals surface area contributed by atoms with Crippen LogP contribution in [0.25, 0.3) is 0 Å². The molecule has 0 saturated heterocycles. The Balaban J connectivity index is 2.13. The van der Waals surface area contributed by atoms with Crippen LogP contribution in [0.4, 0.5) is 4.39 Å². The van der Waals surface area contributed by atoms with E-state index in [-0.39, 0.29) is 11.9 Å². The van der Waals surface area contributed by atoms with Crippen molar-refractivity contribution in [3.8, 4) is 0 Å². The van der Waals surface area contributed by atoms with Gasteiger partial charge in [-0.3, -0.25) is 4.68 Å². The Morgan fingerprint density at radius 3 is 2.84 bits per heavy atom. The smallest absolute Gasteiger partial charge is 0.123 e. The van der Waals surface area contributed by atoms with Gasteiger partial charge in [-0.2, -0.15) is 5.10 Å². The molecule has 1 heterocycles. The van der Waals surface area contributed by atoms with Crippen LogP contribution in [0.15, 0.2) is 36.5 Å². The summed E-state index contributed by atoms with van der Waals surface area (Å²) < 4.78 is 15.0. The fourth-order valence-corrected chi connectivity index (χ4v) is 2.12. The normalized spacial score (nSPS) is 12.6. The highest BCUT2D eigenvalue weighted by atomic mass is 19.1. The molecule has 0 bridgehead atoms. The van der Waals surface area contributed by atoms with E-state index in [1.165, 1.54) is 6.07 Å². The van der Waals surface area contributed by atoms with Gasteiger partial charge in [-0.1, -0.05) is 19.1 Å². The van der Waals surface area contributed by atoms with E-state index in [0.29, 0.717) is 0 Å². The first-order valence-electron chi connectivity index (χ1n) is 6.66. The Labute approximate surface area is 113 Å². The van der Waals surface area contributed by atoms with Crippen molar-refractivity contribution in [1.82, 2.24) is 15.1 Å². The molecule has 19 heavy (non-hydrogen) atoms. The molecule has 0 spiro atoms. The van der Waals surface area contributed by atoms with E-state index in [9.17, 15) is 4.39 Å². The first-order chi connectivity index (χ1) is 9.19. The second-order valence-electron chi connectivity index (χ2n) is 4.76. The Morgan fingerprint density at radius 2 is 2.21 bits per heavy atom. The monoisotopic (exact) mass is 261 g/mol. The average Bonchev–Trinajstić information content (AvgIpc) is 2.81. The van der Waals surface area contributed by atoms with Crippen LogP contribution in [0.1, 0.15) is 30.6 Å². The minimum absolute atomic E-state index is 0.128. The van der Waals surface area contributed by atoms with Crippen molar-refractivity contribution in [1.29, 1.82) is 0 Å². The van der Waals surface area contributed by atoms with Crippen molar-refractivity contribution in [3.63, 3.8) is 0 Å². The van der Waals surface area contributed by atoms with E-state index in [1.54, 1.807) is 16.8 Å². The number of aryl methyl sites for hydroxylation is 1. The molecule has 1 N–H and O–H groups in total. The highest BCUT2D eigenvalue weighted by Crippen LogP contribution is 2.17. The molecule has 0 radical (unpaired) electrons. The molecule has 1 unspecified atom stereocenters. The van der Waals surface area contributed by atoms with E-state index >= 15 is 0 Å². The van der Waals surface area contributed by atoms with Crippen LogP contribution in [0.5, 0.6) is 0 Å². The van der Waals surface area contributed by atoms with Gasteiger partial charge in [0, 0.05) is 13.2 Å². The van der Waals surface area contributed by atoms with Crippen molar-refractivity contribution in [3.05, 3.63) is 53.6 Å². The Bertz CT molecular complexity index is 522. The lowest BCUT2D eigenvalue weighted by molar-refractivity contribution is 0.509. The molecule has 0 fully saturated rings. The van der Waals surface area contributed by atoms with Gasteiger partial charge in [-0.15, -0.1) is 0 Å². The largest absolute Gasteiger partial charge is 0.308 e. The molecule has 2 rings (SSSR count). The summed E-state index contributed by atoms with van der Waals surface area (Å²) in [6.07, 6.45) is 3.74. The number of nitrogens with one attached hydrogen (secondary N) is 1. The Kier molecular flexibility index (Phi) is 4.68. The second-order valence-corrected chi connectivity index (χ2v) is 4.76. The van der Waals surface area contributed by atoms with Crippen LogP contribution >= 0.6 is 0 Å². The predicted molar refractivity (Wildman–Crippen MR) is 74.3 cm³/mol. The Morgan fingerprint density at radius 1 is 1.37 bits per heavy atom. The summed E-state index contributed by atoms with van der Waals surface area (Å²) in [7, 11) is 1.91. The fraction of sp³-hybridized carbons (Fsp3) is 0.400. The highest BCUT2D eigenvalue weighted by molar-refractivity contribution is 5.20. The maximum Gasteiger partial charge on any atom is 0.123 e. The van der Waals surface area contributed by atoms with Gasteiger partial charge in [-0.05, 0) is 43.1 Å². The highest BCUT2D eigenvalue weighted by Gasteiger charge is 2.14. The van der Waals surface area contributed by atoms with Gasteiger partial charge in [-0.25, -0.2) is 4.39 Å². The lowest BCUT2D eigenvalue weighted by Crippen LogP contribution is -2.24. The van der Waals surface area contributed by atoms with Gasteiger partial charge in [0.1, 0.15) is 5.82 Å². The topological polar surface area (TPSA) is 29.9 Å². The minimum atomic E-state index is -0.187. The number of aromatic nitrogens is 2. The molecule has 1 atom stereocenters. The number of nitrogens with zero attached hydrogens (tertiary/aromatic N) is 2. The van der Waals surface area contributed by atoms with Crippen molar-refractivity contribution in [2.45, 2.75) is 25.8 Å². The summed E-state index contributed by atoms with van der Waals surface area (Å²) in [4.78, 5) is 0. The van der Waals surface area contributed by atoms with Gasteiger partial charge in [0.2, 0.25) is 0 Å². The number of rotatable bonds is 6. The molecule has 0 aliphatic carbocycles. The summed E-state index contributed by atoms with van der Waals surface area (Å²) in [6, 6.07) is 8.89. The fourth-order valence-electron chi connectivity index (χ4n) is 2.12. The Hall–Kier alpha value is -1.68. The maximum atomic E-state index is 13.2. The SMILES string of the molecule is CCCNC(Cc1cccc(F)c1)c1ccn(C)n1. The quantitative estimate of drug-likeness (QED) is 0.866. The van der Waals surface area contributed by atoms with Gasteiger partial charge < -0.3 is 5.32 Å². The standard InChI is InChI=1S/C15H20FN3/c1-3-8-17-15(14-7-9-19(2)18-14)11-12-5-4-6-13(16)10-12/h4-7,9-10,15,17H,3,8,11H2,1-2H3. The number of benzene rings is 1. The average molecular weight is 261 g/mol. The minimum Gasteiger partial charge on any atom is -0.308 e. The third kappa shape index (κ3) is 3.89. The predicted octanol–water partition coefficient (Wildman–Crippen LogP) is 2.84. The maximum absolute atomic E-state index is 13.2. The summed E-state index contributed by atoms with van der Waals surface area (Å²) >= 11 is 0. The zero-order chi connectivity index (χ0) is 13.7. The molecule has 2 aromatic rings. The number of hydrogen-bond donors (Lipinski definition) is 1. The van der Waals surface area contributed by atoms with Gasteiger partial charge in [0.25, 0.3) is 0 Å². The van der Waals surface area contributed by atoms with E-state index in [1.807, 2.05) is 25.4 Å². The molecule has 1 aromatic carbocycles. The van der Waals surface area contributed by atoms with E-state index in [2.05, 4.69) is 17.3 Å². The van der Waals surface area contributed by atoms with Crippen LogP contribution in [0.3, 0.4) is 0 Å². The van der Waals surface area contributed by atoms with Crippen LogP contribution in [0, 0.1) is 5.82 Å². The number of halogens is 1. The molecule has 3 nitrogen and oxygen atoms in total. The van der Waals surface area contributed by atoms with Crippen LogP contribution in [0.2, 0.25) is 0 Å². The third-order valence-electron chi connectivity index (χ3n) is 3.06. The molecular formula is C15H20FN3. The van der Waals surface area contributed by atoms with Gasteiger partial charge in [0.15, 0.2) is 0 Å². The molecule has 0 aliphatic heterocycles. The zero-order valence-electron chi connectivity index (χ0n) is 11.4. The third-order valence-corrected chi connectivity index (χ3v) is 3.06. The molecule has 1 aromatic heterocycles. The van der Waals surface area contributed by atoms with Crippen LogP contribution in [-0.2, 0) is 13.5 Å². The molecule has 0 amide bonds.